The van der Waals surface area contributed by atoms with Crippen LogP contribution in [0.2, 0.25) is 0 Å². The minimum atomic E-state index is -4.43. The van der Waals surface area contributed by atoms with E-state index in [9.17, 15) is 18.0 Å². The fourth-order valence-electron chi connectivity index (χ4n) is 2.34. The zero-order valence-corrected chi connectivity index (χ0v) is 13.0. The number of alkyl halides is 3. The Kier molecular flexibility index (Phi) is 4.65. The lowest BCUT2D eigenvalue weighted by atomic mass is 10.1. The largest absolute Gasteiger partial charge is 0.416 e. The van der Waals surface area contributed by atoms with E-state index in [1.807, 2.05) is 24.3 Å². The van der Waals surface area contributed by atoms with Gasteiger partial charge < -0.3 is 0 Å². The number of halogens is 3. The Labute approximate surface area is 141 Å². The van der Waals surface area contributed by atoms with Crippen LogP contribution in [0.1, 0.15) is 28.4 Å². The first-order valence-corrected chi connectivity index (χ1v) is 7.57. The fraction of sp³-hybridized carbons (Fsp3) is 0.167. The molecule has 0 N–H and O–H groups in total. The molecule has 1 aromatic heterocycles. The normalized spacial score (nSPS) is 15.6. The molecule has 2 aromatic rings. The molecule has 25 heavy (non-hydrogen) atoms. The maximum atomic E-state index is 12.5. The van der Waals surface area contributed by atoms with E-state index < -0.39 is 17.6 Å². The van der Waals surface area contributed by atoms with E-state index in [-0.39, 0.29) is 11.6 Å². The van der Waals surface area contributed by atoms with Gasteiger partial charge >= 0.3 is 6.18 Å². The van der Waals surface area contributed by atoms with Gasteiger partial charge in [0.1, 0.15) is 0 Å². The summed E-state index contributed by atoms with van der Waals surface area (Å²) >= 11 is 0. The van der Waals surface area contributed by atoms with Crippen molar-refractivity contribution < 1.29 is 18.0 Å². The van der Waals surface area contributed by atoms with Gasteiger partial charge in [0.25, 0.3) is 5.91 Å². The molecule has 0 spiro atoms. The molecule has 1 aliphatic rings. The average molecular weight is 345 g/mol. The van der Waals surface area contributed by atoms with Crippen LogP contribution in [0.15, 0.2) is 72.0 Å². The second kappa shape index (κ2) is 6.88. The lowest BCUT2D eigenvalue weighted by Crippen LogP contribution is -2.15. The van der Waals surface area contributed by atoms with Crippen LogP contribution in [0.4, 0.5) is 13.2 Å². The summed E-state index contributed by atoms with van der Waals surface area (Å²) in [6.45, 7) is 0. The molecule has 3 rings (SSSR count). The van der Waals surface area contributed by atoms with E-state index in [1.54, 1.807) is 16.9 Å². The Balaban J connectivity index is 1.78. The van der Waals surface area contributed by atoms with Crippen molar-refractivity contribution in [3.63, 3.8) is 0 Å². The van der Waals surface area contributed by atoms with Crippen molar-refractivity contribution in [2.75, 3.05) is 0 Å². The summed E-state index contributed by atoms with van der Waals surface area (Å²) in [7, 11) is 0. The van der Waals surface area contributed by atoms with Gasteiger partial charge in [-0.3, -0.25) is 9.48 Å². The Bertz CT molecular complexity index is 861. The van der Waals surface area contributed by atoms with Crippen LogP contribution >= 0.6 is 0 Å². The molecule has 1 heterocycles. The molecular weight excluding hydrogens is 331 g/mol. The molecule has 0 bridgehead atoms. The molecule has 1 amide bonds. The quantitative estimate of drug-likeness (QED) is 0.779. The number of hydrogen-bond acceptors (Lipinski definition) is 2. The first kappa shape index (κ1) is 16.9. The van der Waals surface area contributed by atoms with Gasteiger partial charge in [0.15, 0.2) is 0 Å². The minimum absolute atomic E-state index is 0.0217. The molecule has 1 aliphatic carbocycles. The van der Waals surface area contributed by atoms with E-state index >= 15 is 0 Å². The van der Waals surface area contributed by atoms with Gasteiger partial charge in [-0.25, -0.2) is 4.99 Å². The summed E-state index contributed by atoms with van der Waals surface area (Å²) in [6.07, 6.45) is 7.69. The molecule has 4 nitrogen and oxygen atoms in total. The number of rotatable bonds is 2. The molecule has 0 unspecified atom stereocenters. The Morgan fingerprint density at radius 2 is 1.80 bits per heavy atom. The van der Waals surface area contributed by atoms with Crippen molar-refractivity contribution in [1.82, 2.24) is 9.78 Å². The monoisotopic (exact) mass is 345 g/mol. The molecule has 0 saturated heterocycles. The summed E-state index contributed by atoms with van der Waals surface area (Å²) in [6, 6.07) is 5.61. The highest BCUT2D eigenvalue weighted by molar-refractivity contribution is 5.94. The molecule has 128 valence electrons. The van der Waals surface area contributed by atoms with Crippen molar-refractivity contribution in [2.24, 2.45) is 4.99 Å². The Morgan fingerprint density at radius 3 is 2.36 bits per heavy atom. The first-order valence-electron chi connectivity index (χ1n) is 7.57. The number of hydrogen-bond donors (Lipinski definition) is 0. The smallest absolute Gasteiger partial charge is 0.267 e. The van der Waals surface area contributed by atoms with E-state index in [0.29, 0.717) is 5.36 Å². The predicted molar refractivity (Wildman–Crippen MR) is 85.5 cm³/mol. The fourth-order valence-corrected chi connectivity index (χ4v) is 2.34. The van der Waals surface area contributed by atoms with Crippen molar-refractivity contribution in [1.29, 1.82) is 0 Å². The van der Waals surface area contributed by atoms with Crippen LogP contribution in [-0.2, 0) is 6.18 Å². The summed E-state index contributed by atoms with van der Waals surface area (Å²) < 4.78 is 39.3. The zero-order valence-electron chi connectivity index (χ0n) is 13.0. The average Bonchev–Trinajstić information content (AvgIpc) is 2.62. The molecule has 0 radical (unpaired) electrons. The summed E-state index contributed by atoms with van der Waals surface area (Å²) in [5, 5.41) is 4.55. The van der Waals surface area contributed by atoms with Crippen LogP contribution in [-0.4, -0.2) is 15.7 Å². The highest BCUT2D eigenvalue weighted by Gasteiger charge is 2.30. The van der Waals surface area contributed by atoms with Crippen molar-refractivity contribution in [2.45, 2.75) is 18.6 Å². The van der Waals surface area contributed by atoms with E-state index in [2.05, 4.69) is 10.1 Å². The molecule has 0 saturated carbocycles. The van der Waals surface area contributed by atoms with Gasteiger partial charge in [-0.15, -0.1) is 0 Å². The van der Waals surface area contributed by atoms with E-state index in [1.165, 1.54) is 6.20 Å². The molecule has 0 aliphatic heterocycles. The zero-order chi connectivity index (χ0) is 17.9. The van der Waals surface area contributed by atoms with Gasteiger partial charge in [-0.05, 0) is 36.8 Å². The first-order chi connectivity index (χ1) is 11.9. The second-order valence-corrected chi connectivity index (χ2v) is 5.44. The number of carbonyl (C=O) groups excluding carboxylic acids is 1. The maximum Gasteiger partial charge on any atom is 0.416 e. The molecule has 7 heteroatoms. The van der Waals surface area contributed by atoms with E-state index in [4.69, 9.17) is 0 Å². The van der Waals surface area contributed by atoms with Crippen LogP contribution < -0.4 is 5.36 Å². The van der Waals surface area contributed by atoms with Crippen LogP contribution in [0.3, 0.4) is 0 Å². The molecule has 1 aromatic carbocycles. The topological polar surface area (TPSA) is 47.2 Å². The van der Waals surface area contributed by atoms with E-state index in [0.717, 1.165) is 30.7 Å². The number of aromatic nitrogens is 2. The highest BCUT2D eigenvalue weighted by Crippen LogP contribution is 2.29. The van der Waals surface area contributed by atoms with Crippen LogP contribution in [0, 0.1) is 0 Å². The van der Waals surface area contributed by atoms with Crippen molar-refractivity contribution in [3.05, 3.63) is 83.5 Å². The van der Waals surface area contributed by atoms with Crippen molar-refractivity contribution in [3.8, 4) is 0 Å². The SMILES string of the molecule is O=C(N=c1ccn(C2C=CCC=C2)nc1)c1ccc(C(F)(F)F)cc1. The number of carbonyl (C=O) groups is 1. The third kappa shape index (κ3) is 4.12. The van der Waals surface area contributed by atoms with Crippen LogP contribution in [0.5, 0.6) is 0 Å². The van der Waals surface area contributed by atoms with Gasteiger partial charge in [-0.1, -0.05) is 24.3 Å². The molecular formula is C18H14F3N3O. The molecule has 0 atom stereocenters. The number of nitrogens with zero attached hydrogens (tertiary/aromatic N) is 3. The van der Waals surface area contributed by atoms with Gasteiger partial charge in [0.05, 0.1) is 23.2 Å². The summed E-state index contributed by atoms with van der Waals surface area (Å²) in [5.74, 6) is -0.620. The number of allylic oxidation sites excluding steroid dienone is 4. The lowest BCUT2D eigenvalue weighted by molar-refractivity contribution is -0.137. The standard InChI is InChI=1S/C18H14F3N3O/c19-18(20,21)14-8-6-13(7-9-14)17(25)23-15-10-11-24(22-12-15)16-4-2-1-3-5-16/h2-12,16H,1H2. The number of amides is 1. The number of benzene rings is 1. The predicted octanol–water partition coefficient (Wildman–Crippen LogP) is 3.70. The Hall–Kier alpha value is -2.96. The maximum absolute atomic E-state index is 12.5. The lowest BCUT2D eigenvalue weighted by Gasteiger charge is -2.13. The Morgan fingerprint density at radius 1 is 1.12 bits per heavy atom. The van der Waals surface area contributed by atoms with Crippen molar-refractivity contribution >= 4 is 5.91 Å². The van der Waals surface area contributed by atoms with Gasteiger partial charge in [0.2, 0.25) is 0 Å². The molecule has 0 fully saturated rings. The summed E-state index contributed by atoms with van der Waals surface area (Å²) in [4.78, 5) is 15.9. The minimum Gasteiger partial charge on any atom is -0.267 e. The van der Waals surface area contributed by atoms with Crippen LogP contribution in [0.25, 0.3) is 0 Å². The second-order valence-electron chi connectivity index (χ2n) is 5.44. The highest BCUT2D eigenvalue weighted by atomic mass is 19.4. The van der Waals surface area contributed by atoms with Gasteiger partial charge in [-0.2, -0.15) is 18.3 Å². The summed E-state index contributed by atoms with van der Waals surface area (Å²) in [5.41, 5.74) is -0.720. The third-order valence-electron chi connectivity index (χ3n) is 3.66. The van der Waals surface area contributed by atoms with Gasteiger partial charge in [0, 0.05) is 11.8 Å². The third-order valence-corrected chi connectivity index (χ3v) is 3.66.